The van der Waals surface area contributed by atoms with Gasteiger partial charge in [0.1, 0.15) is 0 Å². The number of anilines is 1. The van der Waals surface area contributed by atoms with Crippen molar-refractivity contribution in [2.45, 2.75) is 31.6 Å². The van der Waals surface area contributed by atoms with Crippen molar-refractivity contribution in [3.05, 3.63) is 43.5 Å². The smallest absolute Gasteiger partial charge is 0.243 e. The van der Waals surface area contributed by atoms with Crippen LogP contribution in [0.5, 0.6) is 0 Å². The molecule has 8 heteroatoms. The molecule has 2 rings (SSSR count). The van der Waals surface area contributed by atoms with Crippen molar-refractivity contribution in [1.82, 2.24) is 9.29 Å². The first kappa shape index (κ1) is 21.3. The highest BCUT2D eigenvalue weighted by Gasteiger charge is 2.23. The van der Waals surface area contributed by atoms with Crippen LogP contribution in [-0.4, -0.2) is 36.7 Å². The Bertz CT molecular complexity index is 921. The molecule has 0 fully saturated rings. The highest BCUT2D eigenvalue weighted by atomic mass is 32.2. The summed E-state index contributed by atoms with van der Waals surface area (Å²) in [5.41, 5.74) is 0.651. The van der Waals surface area contributed by atoms with Gasteiger partial charge in [-0.3, -0.25) is 4.79 Å². The van der Waals surface area contributed by atoms with Crippen LogP contribution >= 0.6 is 11.3 Å². The number of aromatic nitrogens is 1. The standard InChI is InChI=1S/C19H25N3O3S2/c1-5-11-22(12-6-2)27(24,25)15-9-10-16-17(13-15)26-19(20-16)21-18(23)14(7-3)8-4/h5-6,9-10,13-14H,1-2,7-8,11-12H2,3-4H3,(H,20,21,23). The van der Waals surface area contributed by atoms with Gasteiger partial charge in [-0.05, 0) is 31.0 Å². The Morgan fingerprint density at radius 1 is 1.26 bits per heavy atom. The summed E-state index contributed by atoms with van der Waals surface area (Å²) in [6.07, 6.45) is 4.60. The molecule has 0 radical (unpaired) electrons. The fourth-order valence-electron chi connectivity index (χ4n) is 2.69. The maximum absolute atomic E-state index is 12.9. The molecule has 0 bridgehead atoms. The van der Waals surface area contributed by atoms with Crippen LogP contribution in [0.1, 0.15) is 26.7 Å². The molecular formula is C19H25N3O3S2. The predicted molar refractivity (Wildman–Crippen MR) is 111 cm³/mol. The monoisotopic (exact) mass is 407 g/mol. The fourth-order valence-corrected chi connectivity index (χ4v) is 5.08. The van der Waals surface area contributed by atoms with Crippen LogP contribution in [0.2, 0.25) is 0 Å². The molecule has 0 unspecified atom stereocenters. The van der Waals surface area contributed by atoms with Crippen molar-refractivity contribution >= 4 is 42.6 Å². The minimum atomic E-state index is -3.67. The number of thiazole rings is 1. The SMILES string of the molecule is C=CCN(CC=C)S(=O)(=O)c1ccc2nc(NC(=O)C(CC)CC)sc2c1. The second-order valence-corrected chi connectivity index (χ2v) is 9.02. The van der Waals surface area contributed by atoms with E-state index in [9.17, 15) is 13.2 Å². The number of fused-ring (bicyclic) bond motifs is 1. The van der Waals surface area contributed by atoms with Crippen LogP contribution in [-0.2, 0) is 14.8 Å². The summed E-state index contributed by atoms with van der Waals surface area (Å²) < 4.78 is 27.7. The molecule has 0 spiro atoms. The maximum Gasteiger partial charge on any atom is 0.243 e. The molecule has 0 saturated carbocycles. The number of rotatable bonds is 10. The first-order chi connectivity index (χ1) is 12.9. The summed E-state index contributed by atoms with van der Waals surface area (Å²) in [6.45, 7) is 11.6. The predicted octanol–water partition coefficient (Wildman–Crippen LogP) is 4.03. The third kappa shape index (κ3) is 4.82. The van der Waals surface area contributed by atoms with E-state index in [1.54, 1.807) is 12.1 Å². The van der Waals surface area contributed by atoms with Crippen LogP contribution in [0, 0.1) is 5.92 Å². The van der Waals surface area contributed by atoms with Gasteiger partial charge in [-0.2, -0.15) is 4.31 Å². The van der Waals surface area contributed by atoms with Crippen LogP contribution < -0.4 is 5.32 Å². The number of hydrogen-bond donors (Lipinski definition) is 1. The second kappa shape index (κ2) is 9.25. The Labute approximate surface area is 164 Å². The minimum Gasteiger partial charge on any atom is -0.302 e. The number of carbonyl (C=O) groups is 1. The van der Waals surface area contributed by atoms with Crippen LogP contribution in [0.4, 0.5) is 5.13 Å². The van der Waals surface area contributed by atoms with E-state index in [-0.39, 0.29) is 29.8 Å². The molecule has 1 N–H and O–H groups in total. The average molecular weight is 408 g/mol. The molecule has 1 heterocycles. The summed E-state index contributed by atoms with van der Waals surface area (Å²) in [4.78, 5) is 16.8. The van der Waals surface area contributed by atoms with Crippen molar-refractivity contribution < 1.29 is 13.2 Å². The topological polar surface area (TPSA) is 79.4 Å². The zero-order chi connectivity index (χ0) is 20.0. The average Bonchev–Trinajstić information content (AvgIpc) is 3.03. The number of nitrogens with one attached hydrogen (secondary N) is 1. The third-order valence-electron chi connectivity index (χ3n) is 4.25. The van der Waals surface area contributed by atoms with Crippen molar-refractivity contribution in [2.24, 2.45) is 5.92 Å². The van der Waals surface area contributed by atoms with Gasteiger partial charge >= 0.3 is 0 Å². The normalized spacial score (nSPS) is 11.9. The summed E-state index contributed by atoms with van der Waals surface area (Å²) in [5, 5.41) is 3.31. The quantitative estimate of drug-likeness (QED) is 0.603. The first-order valence-corrected chi connectivity index (χ1v) is 11.1. The molecule has 27 heavy (non-hydrogen) atoms. The number of carbonyl (C=O) groups excluding carboxylic acids is 1. The van der Waals surface area contributed by atoms with E-state index < -0.39 is 10.0 Å². The van der Waals surface area contributed by atoms with Crippen molar-refractivity contribution in [3.63, 3.8) is 0 Å². The van der Waals surface area contributed by atoms with Crippen LogP contribution in [0.25, 0.3) is 10.2 Å². The molecule has 1 aromatic carbocycles. The van der Waals surface area contributed by atoms with E-state index in [1.165, 1.54) is 33.9 Å². The van der Waals surface area contributed by atoms with E-state index in [0.29, 0.717) is 15.3 Å². The zero-order valence-electron chi connectivity index (χ0n) is 15.6. The van der Waals surface area contributed by atoms with Crippen molar-refractivity contribution in [1.29, 1.82) is 0 Å². The lowest BCUT2D eigenvalue weighted by atomic mass is 10.0. The van der Waals surface area contributed by atoms with Gasteiger partial charge in [-0.15, -0.1) is 13.2 Å². The van der Waals surface area contributed by atoms with Gasteiger partial charge in [0.15, 0.2) is 5.13 Å². The van der Waals surface area contributed by atoms with E-state index >= 15 is 0 Å². The van der Waals surface area contributed by atoms with Gasteiger partial charge in [0.05, 0.1) is 15.1 Å². The molecule has 1 amide bonds. The summed E-state index contributed by atoms with van der Waals surface area (Å²) >= 11 is 1.27. The molecule has 6 nitrogen and oxygen atoms in total. The Morgan fingerprint density at radius 2 is 1.89 bits per heavy atom. The highest BCUT2D eigenvalue weighted by molar-refractivity contribution is 7.89. The largest absolute Gasteiger partial charge is 0.302 e. The van der Waals surface area contributed by atoms with Crippen molar-refractivity contribution in [2.75, 3.05) is 18.4 Å². The molecule has 0 aliphatic rings. The molecule has 146 valence electrons. The first-order valence-electron chi connectivity index (χ1n) is 8.80. The molecule has 0 aliphatic carbocycles. The number of hydrogen-bond acceptors (Lipinski definition) is 5. The Hall–Kier alpha value is -2.03. The summed E-state index contributed by atoms with van der Waals surface area (Å²) in [5.74, 6) is -0.116. The van der Waals surface area contributed by atoms with Crippen LogP contribution in [0.3, 0.4) is 0 Å². The maximum atomic E-state index is 12.9. The Morgan fingerprint density at radius 3 is 2.44 bits per heavy atom. The van der Waals surface area contributed by atoms with E-state index in [2.05, 4.69) is 23.5 Å². The van der Waals surface area contributed by atoms with Gasteiger partial charge in [0, 0.05) is 19.0 Å². The van der Waals surface area contributed by atoms with E-state index in [0.717, 1.165) is 12.8 Å². The lowest BCUT2D eigenvalue weighted by Gasteiger charge is -2.18. The number of nitrogens with zero attached hydrogens (tertiary/aromatic N) is 2. The van der Waals surface area contributed by atoms with Gasteiger partial charge < -0.3 is 5.32 Å². The highest BCUT2D eigenvalue weighted by Crippen LogP contribution is 2.29. The van der Waals surface area contributed by atoms with Gasteiger partial charge in [0.25, 0.3) is 0 Å². The van der Waals surface area contributed by atoms with E-state index in [4.69, 9.17) is 0 Å². The summed E-state index contributed by atoms with van der Waals surface area (Å²) in [6, 6.07) is 4.78. The molecule has 0 atom stereocenters. The third-order valence-corrected chi connectivity index (χ3v) is 7.01. The van der Waals surface area contributed by atoms with E-state index in [1.807, 2.05) is 13.8 Å². The molecule has 2 aromatic rings. The number of sulfonamides is 1. The molecule has 0 saturated heterocycles. The van der Waals surface area contributed by atoms with Gasteiger partial charge in [-0.25, -0.2) is 13.4 Å². The second-order valence-electron chi connectivity index (χ2n) is 6.05. The van der Waals surface area contributed by atoms with Gasteiger partial charge in [-0.1, -0.05) is 37.3 Å². The van der Waals surface area contributed by atoms with Crippen LogP contribution in [0.15, 0.2) is 48.4 Å². The lowest BCUT2D eigenvalue weighted by Crippen LogP contribution is -2.31. The summed E-state index contributed by atoms with van der Waals surface area (Å²) in [7, 11) is -3.67. The Balaban J connectivity index is 2.33. The lowest BCUT2D eigenvalue weighted by molar-refractivity contribution is -0.120. The zero-order valence-corrected chi connectivity index (χ0v) is 17.3. The Kier molecular flexibility index (Phi) is 7.29. The van der Waals surface area contributed by atoms with Gasteiger partial charge in [0.2, 0.25) is 15.9 Å². The molecule has 0 aliphatic heterocycles. The van der Waals surface area contributed by atoms with Crippen molar-refractivity contribution in [3.8, 4) is 0 Å². The number of amides is 1. The molecule has 1 aromatic heterocycles. The minimum absolute atomic E-state index is 0.0562. The fraction of sp³-hybridized carbons (Fsp3) is 0.368. The molecular weight excluding hydrogens is 382 g/mol. The number of benzene rings is 1.